The number of phenols is 1. The van der Waals surface area contributed by atoms with Crippen LogP contribution in [-0.2, 0) is 26.2 Å². The molecular formula is C43H38ClN7O10S. The lowest BCUT2D eigenvalue weighted by Crippen LogP contribution is -2.49. The van der Waals surface area contributed by atoms with Crippen molar-refractivity contribution in [2.24, 2.45) is 36.1 Å². The summed E-state index contributed by atoms with van der Waals surface area (Å²) in [5, 5.41) is 41.3. The molecule has 17 nitrogen and oxygen atoms in total. The van der Waals surface area contributed by atoms with Crippen molar-refractivity contribution in [3.63, 3.8) is 0 Å². The van der Waals surface area contributed by atoms with Gasteiger partial charge in [0.05, 0.1) is 50.7 Å². The summed E-state index contributed by atoms with van der Waals surface area (Å²) in [7, 11) is 5.88. The van der Waals surface area contributed by atoms with E-state index < -0.39 is 79.9 Å². The monoisotopic (exact) mass is 879 g/mol. The van der Waals surface area contributed by atoms with Gasteiger partial charge in [0.15, 0.2) is 5.69 Å². The first kappa shape index (κ1) is 40.7. The van der Waals surface area contributed by atoms with Gasteiger partial charge >= 0.3 is 11.4 Å². The highest BCUT2D eigenvalue weighted by atomic mass is 35.5. The van der Waals surface area contributed by atoms with E-state index in [0.717, 1.165) is 42.5 Å². The molecule has 6 unspecified atom stereocenters. The number of thiophene rings is 1. The minimum Gasteiger partial charge on any atom is -0.508 e. The number of imide groups is 2. The third-order valence-electron chi connectivity index (χ3n) is 13.2. The van der Waals surface area contributed by atoms with E-state index in [-0.39, 0.29) is 41.5 Å². The molecule has 1 N–H and O–H groups in total. The van der Waals surface area contributed by atoms with Crippen molar-refractivity contribution in [3.05, 3.63) is 103 Å². The Kier molecular flexibility index (Phi) is 9.33. The Labute approximate surface area is 362 Å². The number of aromatic nitrogens is 2. The number of allylic oxidation sites excluding steroid dienone is 2. The van der Waals surface area contributed by atoms with E-state index in [4.69, 9.17) is 21.4 Å². The fourth-order valence-electron chi connectivity index (χ4n) is 10.4. The average Bonchev–Trinajstić information content (AvgIpc) is 3.90. The van der Waals surface area contributed by atoms with Gasteiger partial charge in [0.1, 0.15) is 23.0 Å². The van der Waals surface area contributed by atoms with Crippen molar-refractivity contribution in [1.29, 1.82) is 0 Å². The smallest absolute Gasteiger partial charge is 0.301 e. The second-order valence-electron chi connectivity index (χ2n) is 16.5. The summed E-state index contributed by atoms with van der Waals surface area (Å²) >= 11 is 7.82. The fraction of sp³-hybridized carbons (Fsp3) is 0.326. The van der Waals surface area contributed by atoms with Gasteiger partial charge in [-0.25, -0.2) is 9.80 Å². The zero-order valence-electron chi connectivity index (χ0n) is 34.1. The van der Waals surface area contributed by atoms with Crippen LogP contribution in [0, 0.1) is 56.2 Å². The van der Waals surface area contributed by atoms with E-state index in [1.165, 1.54) is 54.3 Å². The Hall–Kier alpha value is -6.66. The molecule has 318 valence electrons. The number of rotatable bonds is 8. The topological polar surface area (TPSA) is 212 Å². The van der Waals surface area contributed by atoms with Gasteiger partial charge in [-0.15, -0.1) is 11.3 Å². The van der Waals surface area contributed by atoms with Crippen molar-refractivity contribution in [1.82, 2.24) is 9.78 Å². The van der Waals surface area contributed by atoms with Gasteiger partial charge in [-0.2, -0.15) is 5.10 Å². The second-order valence-corrected chi connectivity index (χ2v) is 18.0. The van der Waals surface area contributed by atoms with E-state index in [1.54, 1.807) is 32.2 Å². The first-order valence-corrected chi connectivity index (χ1v) is 20.8. The highest BCUT2D eigenvalue weighted by Crippen LogP contribution is 2.65. The van der Waals surface area contributed by atoms with Crippen molar-refractivity contribution in [3.8, 4) is 22.1 Å². The molecule has 2 saturated heterocycles. The predicted octanol–water partition coefficient (Wildman–Crippen LogP) is 7.30. The molecule has 0 spiro atoms. The summed E-state index contributed by atoms with van der Waals surface area (Å²) in [5.41, 5.74) is -0.861. The number of nitro benzene ring substituents is 2. The summed E-state index contributed by atoms with van der Waals surface area (Å²) < 4.78 is 8.24. The lowest BCUT2D eigenvalue weighted by Gasteiger charge is -2.49. The summed E-state index contributed by atoms with van der Waals surface area (Å²) in [6, 6.07) is 13.7. The highest BCUT2D eigenvalue weighted by Gasteiger charge is 2.68. The van der Waals surface area contributed by atoms with Crippen LogP contribution < -0.4 is 19.4 Å². The van der Waals surface area contributed by atoms with Crippen LogP contribution in [0.3, 0.4) is 0 Å². The van der Waals surface area contributed by atoms with Crippen molar-refractivity contribution < 1.29 is 38.9 Å². The molecule has 3 aromatic carbocycles. The van der Waals surface area contributed by atoms with Gasteiger partial charge in [-0.1, -0.05) is 29.3 Å². The molecule has 4 heterocycles. The zero-order chi connectivity index (χ0) is 44.4. The zero-order valence-corrected chi connectivity index (χ0v) is 35.7. The molecule has 4 amide bonds. The third kappa shape index (κ3) is 5.68. The number of carbonyl (C=O) groups excluding carboxylic acids is 4. The molecule has 2 aliphatic heterocycles. The molecule has 5 aromatic rings. The summed E-state index contributed by atoms with van der Waals surface area (Å²) in [6.07, 6.45) is 1.83. The van der Waals surface area contributed by atoms with Gasteiger partial charge in [0.25, 0.3) is 0 Å². The van der Waals surface area contributed by atoms with Gasteiger partial charge in [0.2, 0.25) is 23.6 Å². The molecule has 19 heteroatoms. The number of amides is 4. The molecule has 1 saturated carbocycles. The number of anilines is 3. The van der Waals surface area contributed by atoms with E-state index in [1.807, 2.05) is 25.1 Å². The van der Waals surface area contributed by atoms with E-state index in [9.17, 15) is 34.9 Å². The summed E-state index contributed by atoms with van der Waals surface area (Å²) in [5.74, 6) is -6.91. The molecule has 3 fully saturated rings. The molecule has 62 heavy (non-hydrogen) atoms. The van der Waals surface area contributed by atoms with E-state index in [0.29, 0.717) is 21.9 Å². The van der Waals surface area contributed by atoms with E-state index >= 15 is 9.59 Å². The Balaban J connectivity index is 1.16. The number of phenolic OH excluding ortho intramolecular Hbond substituents is 1. The third-order valence-corrected chi connectivity index (χ3v) is 14.7. The van der Waals surface area contributed by atoms with Gasteiger partial charge in [-0.05, 0) is 67.8 Å². The van der Waals surface area contributed by atoms with Gasteiger partial charge < -0.3 is 14.7 Å². The van der Waals surface area contributed by atoms with Crippen LogP contribution in [0.1, 0.15) is 36.8 Å². The first-order valence-electron chi connectivity index (χ1n) is 19.6. The predicted molar refractivity (Wildman–Crippen MR) is 230 cm³/mol. The molecule has 2 aromatic heterocycles. The maximum atomic E-state index is 15.3. The average molecular weight is 880 g/mol. The number of halogens is 1. The number of fused-ring (bicyclic) bond motifs is 5. The van der Waals surface area contributed by atoms with Crippen molar-refractivity contribution in [2.45, 2.75) is 32.6 Å². The molecular weight excluding hydrogens is 842 g/mol. The van der Waals surface area contributed by atoms with Crippen LogP contribution in [-0.4, -0.2) is 69.6 Å². The SMILES string of the molecule is COc1cc(O)ccc1C1C2=CCC3C(=O)N(c4cc([N+](=O)[O-])c(N(C)C)c([N+](=O)[O-])c4)C(=O)C3C2CC2C(=O)N(c3cc(-c4sc5ccc(Cl)cc5c4C)nn3C)C(=O)C21C. The number of methoxy groups -OCH3 is 1. The maximum Gasteiger partial charge on any atom is 0.301 e. The number of benzene rings is 3. The largest absolute Gasteiger partial charge is 0.508 e. The van der Waals surface area contributed by atoms with Crippen LogP contribution in [0.4, 0.5) is 28.6 Å². The molecule has 0 radical (unpaired) electrons. The van der Waals surface area contributed by atoms with Crippen LogP contribution in [0.5, 0.6) is 11.5 Å². The van der Waals surface area contributed by atoms with Crippen molar-refractivity contribution >= 4 is 85.2 Å². The molecule has 9 rings (SSSR count). The van der Waals surface area contributed by atoms with Gasteiger partial charge in [-0.3, -0.25) is 44.1 Å². The van der Waals surface area contributed by atoms with Crippen LogP contribution in [0.2, 0.25) is 5.02 Å². The molecule has 4 aliphatic rings. The first-order chi connectivity index (χ1) is 29.4. The standard InChI is InChI=1S/C43H38ClN7O10S/c1-19-26-13-20(44)7-12-33(26)62-38(19)29-18-34(47(5)45-29)49-40(54)28-17-27-23(36(43(28,2)42(49)56)24-9-8-22(52)16-32(24)61-6)10-11-25-35(27)41(55)48(39(25)53)21-14-30(50(57)58)37(46(3)4)31(15-21)51(59)60/h7-10,12-16,18,25,27-28,35-36,52H,11,17H2,1-6H3. The van der Waals surface area contributed by atoms with E-state index in [2.05, 4.69) is 0 Å². The number of aromatic hydroxyl groups is 1. The van der Waals surface area contributed by atoms with Crippen molar-refractivity contribution in [2.75, 3.05) is 35.9 Å². The van der Waals surface area contributed by atoms with Crippen LogP contribution >= 0.6 is 22.9 Å². The number of carbonyl (C=O) groups is 4. The fourth-order valence-corrected chi connectivity index (χ4v) is 11.8. The quantitative estimate of drug-likeness (QED) is 0.0704. The number of nitrogens with zero attached hydrogens (tertiary/aromatic N) is 7. The Bertz CT molecular complexity index is 2870. The van der Waals surface area contributed by atoms with Crippen LogP contribution in [0.25, 0.3) is 20.7 Å². The normalized spacial score (nSPS) is 24.3. The molecule has 0 bridgehead atoms. The molecule has 6 atom stereocenters. The Morgan fingerprint density at radius 3 is 2.29 bits per heavy atom. The second kappa shape index (κ2) is 14.2. The number of hydrogen-bond acceptors (Lipinski definition) is 13. The number of aryl methyl sites for hydroxylation is 2. The lowest BCUT2D eigenvalue weighted by molar-refractivity contribution is -0.392. The number of nitro groups is 2. The minimum absolute atomic E-state index is 0.0188. The minimum atomic E-state index is -1.47. The number of ether oxygens (including phenoxy) is 1. The van der Waals surface area contributed by atoms with Crippen LogP contribution in [0.15, 0.2) is 66.2 Å². The highest BCUT2D eigenvalue weighted by molar-refractivity contribution is 7.22. The van der Waals surface area contributed by atoms with Gasteiger partial charge in [0, 0.05) is 66.6 Å². The summed E-state index contributed by atoms with van der Waals surface area (Å²) in [4.78, 5) is 86.3. The maximum absolute atomic E-state index is 15.3. The lowest BCUT2D eigenvalue weighted by atomic mass is 9.51. The molecule has 2 aliphatic carbocycles. The summed E-state index contributed by atoms with van der Waals surface area (Å²) in [6.45, 7) is 3.67. The Morgan fingerprint density at radius 2 is 1.65 bits per heavy atom. The number of hydrogen-bond donors (Lipinski definition) is 1. The Morgan fingerprint density at radius 1 is 0.952 bits per heavy atom.